The van der Waals surface area contributed by atoms with Crippen LogP contribution in [0.3, 0.4) is 0 Å². The smallest absolute Gasteiger partial charge is 0.142 e. The highest BCUT2D eigenvalue weighted by molar-refractivity contribution is 9.10. The molecule has 0 amide bonds. The Morgan fingerprint density at radius 2 is 1.89 bits per heavy atom. The first kappa shape index (κ1) is 14.4. The van der Waals surface area contributed by atoms with Gasteiger partial charge in [0, 0.05) is 15.5 Å². The summed E-state index contributed by atoms with van der Waals surface area (Å²) >= 11 is 7.06. The van der Waals surface area contributed by atoms with Gasteiger partial charge in [0.15, 0.2) is 0 Å². The molecule has 0 aliphatic carbocycles. The van der Waals surface area contributed by atoms with Crippen LogP contribution in [0, 0.1) is 6.92 Å². The van der Waals surface area contributed by atoms with Crippen molar-refractivity contribution in [2.75, 3.05) is 12.4 Å². The fourth-order valence-corrected chi connectivity index (χ4v) is 2.80. The van der Waals surface area contributed by atoms with Gasteiger partial charge >= 0.3 is 0 Å². The molecule has 2 aromatic carbocycles. The van der Waals surface area contributed by atoms with Crippen molar-refractivity contribution in [1.82, 2.24) is 0 Å². The molecule has 0 aliphatic heterocycles. The Morgan fingerprint density at radius 1 is 1.11 bits per heavy atom. The summed E-state index contributed by atoms with van der Waals surface area (Å²) in [5.41, 5.74) is 3.44. The summed E-state index contributed by atoms with van der Waals surface area (Å²) in [6.45, 7) is 2.83. The lowest BCUT2D eigenvalue weighted by molar-refractivity contribution is 0.416. The van der Waals surface area contributed by atoms with E-state index in [2.05, 4.69) is 62.3 Å². The standard InChI is InChI=1S/C15H15Br2NO/c1-10-3-4-11(13(17)7-10)9-18-14-8-12(16)5-6-15(14)19-2/h3-8,18H,9H2,1-2H3. The van der Waals surface area contributed by atoms with E-state index in [9.17, 15) is 0 Å². The molecular formula is C15H15Br2NO. The second kappa shape index (κ2) is 6.44. The van der Waals surface area contributed by atoms with Gasteiger partial charge in [0.1, 0.15) is 5.75 Å². The lowest BCUT2D eigenvalue weighted by Crippen LogP contribution is -2.02. The van der Waals surface area contributed by atoms with Gasteiger partial charge in [-0.15, -0.1) is 0 Å². The van der Waals surface area contributed by atoms with Crippen molar-refractivity contribution in [3.05, 3.63) is 56.5 Å². The molecule has 0 saturated carbocycles. The van der Waals surface area contributed by atoms with Gasteiger partial charge in [0.2, 0.25) is 0 Å². The van der Waals surface area contributed by atoms with Gasteiger partial charge in [-0.25, -0.2) is 0 Å². The van der Waals surface area contributed by atoms with E-state index in [0.29, 0.717) is 0 Å². The highest BCUT2D eigenvalue weighted by Crippen LogP contribution is 2.29. The fourth-order valence-electron chi connectivity index (χ4n) is 1.80. The van der Waals surface area contributed by atoms with Crippen LogP contribution in [0.2, 0.25) is 0 Å². The Hall–Kier alpha value is -1.00. The van der Waals surface area contributed by atoms with Gasteiger partial charge in [-0.1, -0.05) is 44.0 Å². The maximum Gasteiger partial charge on any atom is 0.142 e. The lowest BCUT2D eigenvalue weighted by Gasteiger charge is -2.12. The summed E-state index contributed by atoms with van der Waals surface area (Å²) < 4.78 is 7.49. The molecule has 1 N–H and O–H groups in total. The van der Waals surface area contributed by atoms with E-state index in [1.54, 1.807) is 7.11 Å². The molecule has 19 heavy (non-hydrogen) atoms. The van der Waals surface area contributed by atoms with Gasteiger partial charge in [0.05, 0.1) is 12.8 Å². The van der Waals surface area contributed by atoms with Crippen LogP contribution in [0.4, 0.5) is 5.69 Å². The highest BCUT2D eigenvalue weighted by atomic mass is 79.9. The van der Waals surface area contributed by atoms with Crippen LogP contribution in [0.25, 0.3) is 0 Å². The highest BCUT2D eigenvalue weighted by Gasteiger charge is 2.05. The van der Waals surface area contributed by atoms with Crippen molar-refractivity contribution in [1.29, 1.82) is 0 Å². The molecule has 100 valence electrons. The molecule has 0 atom stereocenters. The van der Waals surface area contributed by atoms with E-state index in [1.165, 1.54) is 11.1 Å². The molecule has 0 fully saturated rings. The normalized spacial score (nSPS) is 10.3. The van der Waals surface area contributed by atoms with Crippen molar-refractivity contribution < 1.29 is 4.74 Å². The van der Waals surface area contributed by atoms with Crippen molar-refractivity contribution in [3.8, 4) is 5.75 Å². The van der Waals surface area contributed by atoms with Crippen LogP contribution in [0.15, 0.2) is 45.3 Å². The van der Waals surface area contributed by atoms with Crippen LogP contribution in [0.1, 0.15) is 11.1 Å². The number of hydrogen-bond donors (Lipinski definition) is 1. The quantitative estimate of drug-likeness (QED) is 0.787. The number of benzene rings is 2. The number of aryl methyl sites for hydroxylation is 1. The van der Waals surface area contributed by atoms with E-state index in [4.69, 9.17) is 4.74 Å². The van der Waals surface area contributed by atoms with E-state index in [-0.39, 0.29) is 0 Å². The van der Waals surface area contributed by atoms with E-state index in [1.807, 2.05) is 18.2 Å². The minimum absolute atomic E-state index is 0.744. The van der Waals surface area contributed by atoms with Crippen molar-refractivity contribution in [2.45, 2.75) is 13.5 Å². The number of ether oxygens (including phenoxy) is 1. The number of nitrogens with one attached hydrogen (secondary N) is 1. The number of halogens is 2. The Bertz CT molecular complexity index is 584. The molecular weight excluding hydrogens is 370 g/mol. The molecule has 4 heteroatoms. The summed E-state index contributed by atoms with van der Waals surface area (Å²) in [7, 11) is 1.68. The predicted octanol–water partition coefficient (Wildman–Crippen LogP) is 5.14. The van der Waals surface area contributed by atoms with Gasteiger partial charge in [-0.05, 0) is 42.3 Å². The minimum Gasteiger partial charge on any atom is -0.495 e. The Kier molecular flexibility index (Phi) is 4.88. The molecule has 0 saturated heterocycles. The number of anilines is 1. The predicted molar refractivity (Wildman–Crippen MR) is 86.9 cm³/mol. The van der Waals surface area contributed by atoms with E-state index >= 15 is 0 Å². The van der Waals surface area contributed by atoms with Crippen LogP contribution >= 0.6 is 31.9 Å². The monoisotopic (exact) mass is 383 g/mol. The van der Waals surface area contributed by atoms with Crippen molar-refractivity contribution in [2.24, 2.45) is 0 Å². The molecule has 2 nitrogen and oxygen atoms in total. The molecule has 0 bridgehead atoms. The first-order valence-corrected chi connectivity index (χ1v) is 7.51. The van der Waals surface area contributed by atoms with Crippen molar-refractivity contribution in [3.63, 3.8) is 0 Å². The van der Waals surface area contributed by atoms with Crippen LogP contribution < -0.4 is 10.1 Å². The van der Waals surface area contributed by atoms with Crippen molar-refractivity contribution >= 4 is 37.5 Å². The topological polar surface area (TPSA) is 21.3 Å². The van der Waals surface area contributed by atoms with Crippen LogP contribution in [0.5, 0.6) is 5.75 Å². The second-order valence-corrected chi connectivity index (χ2v) is 6.06. The Morgan fingerprint density at radius 3 is 2.58 bits per heavy atom. The van der Waals surface area contributed by atoms with Gasteiger partial charge in [-0.3, -0.25) is 0 Å². The largest absolute Gasteiger partial charge is 0.495 e. The summed E-state index contributed by atoms with van der Waals surface area (Å²) in [6, 6.07) is 12.3. The molecule has 0 unspecified atom stereocenters. The summed E-state index contributed by atoms with van der Waals surface area (Å²) in [6.07, 6.45) is 0. The third-order valence-electron chi connectivity index (χ3n) is 2.84. The Balaban J connectivity index is 2.16. The second-order valence-electron chi connectivity index (χ2n) is 4.29. The fraction of sp³-hybridized carbons (Fsp3) is 0.200. The maximum atomic E-state index is 5.34. The van der Waals surface area contributed by atoms with E-state index < -0.39 is 0 Å². The number of hydrogen-bond acceptors (Lipinski definition) is 2. The maximum absolute atomic E-state index is 5.34. The SMILES string of the molecule is COc1ccc(Br)cc1NCc1ccc(C)cc1Br. The zero-order valence-corrected chi connectivity index (χ0v) is 14.0. The molecule has 0 spiro atoms. The van der Waals surface area contributed by atoms with Gasteiger partial charge < -0.3 is 10.1 Å². The van der Waals surface area contributed by atoms with Crippen LogP contribution in [-0.2, 0) is 6.54 Å². The Labute approximate surface area is 130 Å². The average Bonchev–Trinajstić information content (AvgIpc) is 2.38. The summed E-state index contributed by atoms with van der Waals surface area (Å²) in [5, 5.41) is 3.40. The molecule has 0 heterocycles. The minimum atomic E-state index is 0.744. The number of rotatable bonds is 4. The first-order valence-electron chi connectivity index (χ1n) is 5.92. The zero-order chi connectivity index (χ0) is 13.8. The summed E-state index contributed by atoms with van der Waals surface area (Å²) in [5.74, 6) is 0.839. The van der Waals surface area contributed by atoms with Crippen LogP contribution in [-0.4, -0.2) is 7.11 Å². The number of methoxy groups -OCH3 is 1. The zero-order valence-electron chi connectivity index (χ0n) is 10.8. The lowest BCUT2D eigenvalue weighted by atomic mass is 10.1. The van der Waals surface area contributed by atoms with Gasteiger partial charge in [0.25, 0.3) is 0 Å². The molecule has 2 aromatic rings. The molecule has 0 radical (unpaired) electrons. The average molecular weight is 385 g/mol. The molecule has 0 aliphatic rings. The third kappa shape index (κ3) is 3.74. The van der Waals surface area contributed by atoms with Gasteiger partial charge in [-0.2, -0.15) is 0 Å². The molecule has 2 rings (SSSR count). The third-order valence-corrected chi connectivity index (χ3v) is 4.07. The van der Waals surface area contributed by atoms with E-state index in [0.717, 1.165) is 26.9 Å². The summed E-state index contributed by atoms with van der Waals surface area (Å²) in [4.78, 5) is 0. The first-order chi connectivity index (χ1) is 9.10. The molecule has 0 aromatic heterocycles.